The van der Waals surface area contributed by atoms with E-state index in [0.29, 0.717) is 11.5 Å². The highest BCUT2D eigenvalue weighted by molar-refractivity contribution is 5.67. The first-order valence-electron chi connectivity index (χ1n) is 4.94. The number of hydrogen-bond donors (Lipinski definition) is 1. The van der Waals surface area contributed by atoms with Gasteiger partial charge < -0.3 is 5.11 Å². The van der Waals surface area contributed by atoms with E-state index in [2.05, 4.69) is 25.5 Å². The van der Waals surface area contributed by atoms with Crippen molar-refractivity contribution in [2.45, 2.75) is 19.4 Å². The Morgan fingerprint density at radius 2 is 2.35 bits per heavy atom. The summed E-state index contributed by atoms with van der Waals surface area (Å²) in [5.41, 5.74) is 0.509. The molecule has 0 saturated heterocycles. The zero-order valence-corrected chi connectivity index (χ0v) is 9.06. The molecule has 2 aromatic heterocycles. The average Bonchev–Trinajstić information content (AvgIpc) is 2.78. The number of carbonyl (C=O) groups is 1. The molecular formula is C9H10N6O2. The number of aliphatic carboxylic acids is 1. The van der Waals surface area contributed by atoms with E-state index in [0.717, 1.165) is 0 Å². The highest BCUT2D eigenvalue weighted by Gasteiger charge is 2.17. The van der Waals surface area contributed by atoms with Crippen LogP contribution >= 0.6 is 0 Å². The zero-order chi connectivity index (χ0) is 12.3. The van der Waals surface area contributed by atoms with Crippen molar-refractivity contribution in [2.75, 3.05) is 0 Å². The standard InChI is InChI=1S/C9H10N6O2/c1-6(4-8(16)17)15-9(12-13-14-15)7-5-10-2-3-11-7/h2-3,5-6H,4H2,1H3,(H,16,17). The number of tetrazole rings is 1. The summed E-state index contributed by atoms with van der Waals surface area (Å²) in [6.07, 6.45) is 4.53. The molecule has 88 valence electrons. The first-order chi connectivity index (χ1) is 8.18. The lowest BCUT2D eigenvalue weighted by atomic mass is 10.2. The summed E-state index contributed by atoms with van der Waals surface area (Å²) >= 11 is 0. The van der Waals surface area contributed by atoms with E-state index in [1.807, 2.05) is 0 Å². The Balaban J connectivity index is 2.32. The van der Waals surface area contributed by atoms with E-state index >= 15 is 0 Å². The molecule has 1 atom stereocenters. The maximum absolute atomic E-state index is 10.6. The van der Waals surface area contributed by atoms with Crippen LogP contribution in [0.5, 0.6) is 0 Å². The molecule has 8 heteroatoms. The smallest absolute Gasteiger partial charge is 0.305 e. The van der Waals surface area contributed by atoms with Gasteiger partial charge in [0.1, 0.15) is 5.69 Å². The molecule has 1 N–H and O–H groups in total. The molecule has 2 aromatic rings. The van der Waals surface area contributed by atoms with Crippen molar-refractivity contribution in [3.63, 3.8) is 0 Å². The van der Waals surface area contributed by atoms with Gasteiger partial charge in [0.05, 0.1) is 18.7 Å². The van der Waals surface area contributed by atoms with Crippen LogP contribution < -0.4 is 0 Å². The summed E-state index contributed by atoms with van der Waals surface area (Å²) in [6, 6.07) is -0.348. The molecule has 2 rings (SSSR count). The van der Waals surface area contributed by atoms with Crippen LogP contribution in [0.2, 0.25) is 0 Å². The number of hydrogen-bond acceptors (Lipinski definition) is 6. The third-order valence-corrected chi connectivity index (χ3v) is 2.17. The predicted octanol–water partition coefficient (Wildman–Crippen LogP) is 0.166. The molecule has 8 nitrogen and oxygen atoms in total. The lowest BCUT2D eigenvalue weighted by Gasteiger charge is -2.09. The lowest BCUT2D eigenvalue weighted by molar-refractivity contribution is -0.137. The summed E-state index contributed by atoms with van der Waals surface area (Å²) in [4.78, 5) is 18.6. The van der Waals surface area contributed by atoms with Crippen molar-refractivity contribution >= 4 is 5.97 Å². The molecule has 0 fully saturated rings. The summed E-state index contributed by atoms with van der Waals surface area (Å²) in [5, 5.41) is 19.9. The van der Waals surface area contributed by atoms with Gasteiger partial charge in [0, 0.05) is 12.4 Å². The van der Waals surface area contributed by atoms with E-state index in [1.165, 1.54) is 23.3 Å². The molecule has 1 unspecified atom stereocenters. The van der Waals surface area contributed by atoms with Gasteiger partial charge in [-0.2, -0.15) is 0 Å². The summed E-state index contributed by atoms with van der Waals surface area (Å²) in [6.45, 7) is 1.73. The largest absolute Gasteiger partial charge is 0.481 e. The summed E-state index contributed by atoms with van der Waals surface area (Å²) in [7, 11) is 0. The van der Waals surface area contributed by atoms with Crippen LogP contribution in [0.15, 0.2) is 18.6 Å². The maximum atomic E-state index is 10.6. The van der Waals surface area contributed by atoms with E-state index in [9.17, 15) is 4.79 Å². The molecule has 2 heterocycles. The predicted molar refractivity (Wildman–Crippen MR) is 55.8 cm³/mol. The normalized spacial score (nSPS) is 12.3. The maximum Gasteiger partial charge on any atom is 0.305 e. The fourth-order valence-corrected chi connectivity index (χ4v) is 1.41. The van der Waals surface area contributed by atoms with Crippen molar-refractivity contribution in [1.29, 1.82) is 0 Å². The van der Waals surface area contributed by atoms with Crippen molar-refractivity contribution in [2.24, 2.45) is 0 Å². The highest BCUT2D eigenvalue weighted by atomic mass is 16.4. The zero-order valence-electron chi connectivity index (χ0n) is 9.06. The number of aromatic nitrogens is 6. The van der Waals surface area contributed by atoms with Gasteiger partial charge in [-0.3, -0.25) is 9.78 Å². The van der Waals surface area contributed by atoms with Crippen molar-refractivity contribution in [3.05, 3.63) is 18.6 Å². The second-order valence-electron chi connectivity index (χ2n) is 3.48. The first kappa shape index (κ1) is 11.1. The van der Waals surface area contributed by atoms with Gasteiger partial charge in [-0.25, -0.2) is 9.67 Å². The number of carboxylic acid groups (broad SMARTS) is 1. The third-order valence-electron chi connectivity index (χ3n) is 2.17. The van der Waals surface area contributed by atoms with Crippen LogP contribution in [0.1, 0.15) is 19.4 Å². The Labute approximate surface area is 96.3 Å². The molecule has 0 aromatic carbocycles. The fourth-order valence-electron chi connectivity index (χ4n) is 1.41. The molecule has 0 spiro atoms. The van der Waals surface area contributed by atoms with E-state index in [4.69, 9.17) is 5.11 Å². The molecule has 0 aliphatic carbocycles. The number of carboxylic acids is 1. The van der Waals surface area contributed by atoms with E-state index in [1.54, 1.807) is 6.92 Å². The average molecular weight is 234 g/mol. The van der Waals surface area contributed by atoms with Crippen molar-refractivity contribution < 1.29 is 9.90 Å². The Kier molecular flexibility index (Phi) is 3.03. The van der Waals surface area contributed by atoms with Gasteiger partial charge in [0.15, 0.2) is 0 Å². The van der Waals surface area contributed by atoms with Crippen LogP contribution in [0.25, 0.3) is 11.5 Å². The fraction of sp³-hybridized carbons (Fsp3) is 0.333. The Morgan fingerprint density at radius 1 is 1.53 bits per heavy atom. The summed E-state index contributed by atoms with van der Waals surface area (Å²) < 4.78 is 1.43. The monoisotopic (exact) mass is 234 g/mol. The number of nitrogens with zero attached hydrogens (tertiary/aromatic N) is 6. The van der Waals surface area contributed by atoms with Gasteiger partial charge >= 0.3 is 5.97 Å². The SMILES string of the molecule is CC(CC(=O)O)n1nnnc1-c1cnccn1. The molecular weight excluding hydrogens is 224 g/mol. The van der Waals surface area contributed by atoms with Gasteiger partial charge in [0.25, 0.3) is 0 Å². The van der Waals surface area contributed by atoms with Gasteiger partial charge in [-0.15, -0.1) is 5.10 Å². The third kappa shape index (κ3) is 2.41. The molecule has 0 aliphatic rings. The highest BCUT2D eigenvalue weighted by Crippen LogP contribution is 2.17. The van der Waals surface area contributed by atoms with Gasteiger partial charge in [0.2, 0.25) is 5.82 Å². The Morgan fingerprint density at radius 3 is 3.00 bits per heavy atom. The Hall–Kier alpha value is -2.38. The van der Waals surface area contributed by atoms with E-state index < -0.39 is 5.97 Å². The number of rotatable bonds is 4. The quantitative estimate of drug-likeness (QED) is 0.803. The van der Waals surface area contributed by atoms with Gasteiger partial charge in [-0.1, -0.05) is 0 Å². The molecule has 0 aliphatic heterocycles. The molecule has 17 heavy (non-hydrogen) atoms. The van der Waals surface area contributed by atoms with Crippen molar-refractivity contribution in [3.8, 4) is 11.5 Å². The van der Waals surface area contributed by atoms with E-state index in [-0.39, 0.29) is 12.5 Å². The van der Waals surface area contributed by atoms with Crippen LogP contribution in [0.3, 0.4) is 0 Å². The van der Waals surface area contributed by atoms with Crippen LogP contribution in [-0.4, -0.2) is 41.3 Å². The second-order valence-corrected chi connectivity index (χ2v) is 3.48. The molecule has 0 radical (unpaired) electrons. The van der Waals surface area contributed by atoms with Crippen LogP contribution in [-0.2, 0) is 4.79 Å². The van der Waals surface area contributed by atoms with Crippen molar-refractivity contribution in [1.82, 2.24) is 30.2 Å². The molecule has 0 bridgehead atoms. The minimum Gasteiger partial charge on any atom is -0.481 e. The second kappa shape index (κ2) is 4.64. The van der Waals surface area contributed by atoms with Crippen LogP contribution in [0.4, 0.5) is 0 Å². The molecule has 0 amide bonds. The molecule has 0 saturated carbocycles. The van der Waals surface area contributed by atoms with Gasteiger partial charge in [-0.05, 0) is 17.4 Å². The Bertz CT molecular complexity index is 511. The minimum atomic E-state index is -0.905. The van der Waals surface area contributed by atoms with Crippen LogP contribution in [0, 0.1) is 0 Å². The lowest BCUT2D eigenvalue weighted by Crippen LogP contribution is -2.13. The minimum absolute atomic E-state index is 0.0572. The topological polar surface area (TPSA) is 107 Å². The first-order valence-corrected chi connectivity index (χ1v) is 4.94. The summed E-state index contributed by atoms with van der Waals surface area (Å²) in [5.74, 6) is -0.495.